The number of benzene rings is 1. The van der Waals surface area contributed by atoms with Crippen LogP contribution in [0.3, 0.4) is 0 Å². The van der Waals surface area contributed by atoms with Gasteiger partial charge < -0.3 is 6.15 Å². The number of hydrogen-bond acceptors (Lipinski definition) is 1. The third kappa shape index (κ3) is 18.8. The quantitative estimate of drug-likeness (QED) is 0.0881. The monoisotopic (exact) mass is 542 g/mol. The molecule has 0 fully saturated rings. The van der Waals surface area contributed by atoms with Crippen LogP contribution in [0.5, 0.6) is 0 Å². The van der Waals surface area contributed by atoms with E-state index in [-0.39, 0.29) is 23.1 Å². The second-order valence-electron chi connectivity index (χ2n) is 9.85. The first-order valence-corrected chi connectivity index (χ1v) is 16.3. The maximum absolute atomic E-state index is 4.19. The third-order valence-electron chi connectivity index (χ3n) is 6.85. The first kappa shape index (κ1) is 35.0. The molecule has 33 heavy (non-hydrogen) atoms. The molecule has 0 saturated heterocycles. The molecule has 1 nitrogen and oxygen atoms in total. The number of halogens is 1. The first-order chi connectivity index (χ1) is 15.3. The Labute approximate surface area is 219 Å². The van der Waals surface area contributed by atoms with Gasteiger partial charge >= 0.3 is 0 Å². The molecule has 0 aliphatic carbocycles. The minimum atomic E-state index is -0.969. The van der Waals surface area contributed by atoms with Crippen molar-refractivity contribution < 1.29 is 0 Å². The van der Waals surface area contributed by atoms with E-state index in [1.165, 1.54) is 127 Å². The van der Waals surface area contributed by atoms with E-state index in [2.05, 4.69) is 56.8 Å². The van der Waals surface area contributed by atoms with Crippen molar-refractivity contribution in [2.45, 2.75) is 123 Å². The van der Waals surface area contributed by atoms with Gasteiger partial charge in [0.25, 0.3) is 0 Å². The molecule has 1 aromatic carbocycles. The summed E-state index contributed by atoms with van der Waals surface area (Å²) in [6.45, 7) is 8.80. The van der Waals surface area contributed by atoms with Gasteiger partial charge in [-0.05, 0) is 31.2 Å². The topological polar surface area (TPSA) is 35.0 Å². The van der Waals surface area contributed by atoms with Crippen LogP contribution in [-0.2, 0) is 6.16 Å². The van der Waals surface area contributed by atoms with Gasteiger partial charge in [-0.3, -0.25) is 0 Å². The molecule has 3 heteroatoms. The van der Waals surface area contributed by atoms with Crippen LogP contribution in [0.25, 0.3) is 0 Å². The van der Waals surface area contributed by atoms with Crippen molar-refractivity contribution in [3.8, 4) is 0 Å². The molecular formula is C30H58BrNP+. The van der Waals surface area contributed by atoms with Gasteiger partial charge in [0.15, 0.2) is 0 Å². The zero-order chi connectivity index (χ0) is 22.5. The Morgan fingerprint density at radius 1 is 0.636 bits per heavy atom. The Morgan fingerprint density at radius 2 is 1.03 bits per heavy atom. The van der Waals surface area contributed by atoms with Crippen LogP contribution in [0.1, 0.15) is 122 Å². The third-order valence-corrected chi connectivity index (χ3v) is 11.4. The first-order valence-electron chi connectivity index (χ1n) is 13.8. The fourth-order valence-electron chi connectivity index (χ4n) is 4.92. The van der Waals surface area contributed by atoms with Gasteiger partial charge in [0.2, 0.25) is 0 Å². The molecule has 0 heterocycles. The van der Waals surface area contributed by atoms with E-state index in [1.807, 2.05) is 0 Å². The molecule has 0 aliphatic rings. The second kappa shape index (κ2) is 24.9. The molecular weight excluding hydrogens is 485 g/mol. The summed E-state index contributed by atoms with van der Waals surface area (Å²) in [7, 11) is -0.969. The van der Waals surface area contributed by atoms with Crippen molar-refractivity contribution in [2.75, 3.05) is 18.5 Å². The van der Waals surface area contributed by atoms with Crippen LogP contribution in [0.2, 0.25) is 0 Å². The minimum Gasteiger partial charge on any atom is -0.344 e. The van der Waals surface area contributed by atoms with Crippen LogP contribution in [0.4, 0.5) is 0 Å². The van der Waals surface area contributed by atoms with Gasteiger partial charge in [0.05, 0.1) is 24.6 Å². The van der Waals surface area contributed by atoms with E-state index in [4.69, 9.17) is 0 Å². The summed E-state index contributed by atoms with van der Waals surface area (Å²) < 4.78 is 0. The number of rotatable bonds is 22. The summed E-state index contributed by atoms with van der Waals surface area (Å²) >= 11 is 0. The van der Waals surface area contributed by atoms with Crippen LogP contribution in [0, 0.1) is 0 Å². The maximum atomic E-state index is 4.19. The lowest BCUT2D eigenvalue weighted by molar-refractivity contribution is 0.583. The zero-order valence-corrected chi connectivity index (χ0v) is 25.0. The SMILES string of the molecule is Br.C=CC[P+](CCCCCCCCCC)(CCCCCCCCCC)Cc1ccccc1.N. The largest absolute Gasteiger partial charge is 0.344 e. The molecule has 3 N–H and O–H groups in total. The van der Waals surface area contributed by atoms with Gasteiger partial charge in [-0.2, -0.15) is 0 Å². The van der Waals surface area contributed by atoms with Crippen LogP contribution in [-0.4, -0.2) is 18.5 Å². The Bertz CT molecular complexity index is 499. The molecule has 0 radical (unpaired) electrons. The summed E-state index contributed by atoms with van der Waals surface area (Å²) in [4.78, 5) is 0. The van der Waals surface area contributed by atoms with E-state index in [1.54, 1.807) is 5.56 Å². The predicted octanol–water partition coefficient (Wildman–Crippen LogP) is 11.4. The number of unbranched alkanes of at least 4 members (excludes halogenated alkanes) is 14. The molecule has 1 aromatic rings. The van der Waals surface area contributed by atoms with Crippen LogP contribution < -0.4 is 6.15 Å². The molecule has 194 valence electrons. The number of allylic oxidation sites excluding steroid dienone is 1. The molecule has 0 aromatic heterocycles. The van der Waals surface area contributed by atoms with Gasteiger partial charge in [-0.25, -0.2) is 0 Å². The van der Waals surface area contributed by atoms with E-state index < -0.39 is 7.26 Å². The molecule has 0 aliphatic heterocycles. The standard InChI is InChI=1S/C30H54P.BrH.H3N/c1-4-7-9-11-13-15-17-22-27-31(26-6-3,29-30-24-20-19-21-25-30)28-23-18-16-14-12-10-8-5-2;;/h6,19-21,24-25H,3-5,7-18,22-23,26-29H2,1-2H3;1H;1H3/q+1;;. The smallest absolute Gasteiger partial charge is 0.0846 e. The molecule has 0 saturated carbocycles. The van der Waals surface area contributed by atoms with E-state index >= 15 is 0 Å². The highest BCUT2D eigenvalue weighted by atomic mass is 79.9. The van der Waals surface area contributed by atoms with Crippen molar-refractivity contribution in [3.63, 3.8) is 0 Å². The Hall–Kier alpha value is -0.170. The van der Waals surface area contributed by atoms with Crippen molar-refractivity contribution >= 4 is 24.2 Å². The van der Waals surface area contributed by atoms with Gasteiger partial charge in [-0.1, -0.05) is 134 Å². The summed E-state index contributed by atoms with van der Waals surface area (Å²) in [6, 6.07) is 11.3. The number of hydrogen-bond donors (Lipinski definition) is 1. The fourth-order valence-corrected chi connectivity index (χ4v) is 9.28. The summed E-state index contributed by atoms with van der Waals surface area (Å²) in [5, 5.41) is 0. The predicted molar refractivity (Wildman–Crippen MR) is 162 cm³/mol. The second-order valence-corrected chi connectivity index (χ2v) is 14.1. The highest BCUT2D eigenvalue weighted by Crippen LogP contribution is 2.62. The fraction of sp³-hybridized carbons (Fsp3) is 0.733. The maximum Gasteiger partial charge on any atom is 0.0846 e. The van der Waals surface area contributed by atoms with Gasteiger partial charge in [0.1, 0.15) is 0 Å². The van der Waals surface area contributed by atoms with E-state index in [0.29, 0.717) is 0 Å². The molecule has 0 amide bonds. The van der Waals surface area contributed by atoms with Crippen LogP contribution in [0.15, 0.2) is 43.0 Å². The molecule has 0 atom stereocenters. The Balaban J connectivity index is 0. The average Bonchev–Trinajstić information content (AvgIpc) is 2.78. The van der Waals surface area contributed by atoms with Gasteiger partial charge in [-0.15, -0.1) is 17.0 Å². The normalized spacial score (nSPS) is 11.0. The molecule has 0 bridgehead atoms. The lowest BCUT2D eigenvalue weighted by Crippen LogP contribution is -2.10. The summed E-state index contributed by atoms with van der Waals surface area (Å²) in [5.74, 6) is 0. The zero-order valence-electron chi connectivity index (χ0n) is 22.4. The summed E-state index contributed by atoms with van der Waals surface area (Å²) in [5.41, 5.74) is 1.57. The lowest BCUT2D eigenvalue weighted by Gasteiger charge is -2.27. The molecule has 0 unspecified atom stereocenters. The highest BCUT2D eigenvalue weighted by molar-refractivity contribution is 8.93. The Kier molecular flexibility index (Phi) is 26.4. The highest BCUT2D eigenvalue weighted by Gasteiger charge is 2.35. The average molecular weight is 544 g/mol. The Morgan fingerprint density at radius 3 is 1.42 bits per heavy atom. The van der Waals surface area contributed by atoms with Crippen molar-refractivity contribution in [1.82, 2.24) is 6.15 Å². The lowest BCUT2D eigenvalue weighted by atomic mass is 10.1. The van der Waals surface area contributed by atoms with Gasteiger partial charge in [0, 0.05) is 7.26 Å². The molecule has 1 rings (SSSR count). The van der Waals surface area contributed by atoms with E-state index in [9.17, 15) is 0 Å². The molecule has 0 spiro atoms. The van der Waals surface area contributed by atoms with Crippen molar-refractivity contribution in [1.29, 1.82) is 0 Å². The van der Waals surface area contributed by atoms with E-state index in [0.717, 1.165) is 0 Å². The minimum absolute atomic E-state index is 0. The van der Waals surface area contributed by atoms with Crippen molar-refractivity contribution in [2.24, 2.45) is 0 Å². The van der Waals surface area contributed by atoms with Crippen molar-refractivity contribution in [3.05, 3.63) is 48.6 Å². The summed E-state index contributed by atoms with van der Waals surface area (Å²) in [6.07, 6.45) is 30.7. The van der Waals surface area contributed by atoms with Crippen LogP contribution >= 0.6 is 24.2 Å².